The molecule has 2 heterocycles. The fraction of sp³-hybridized carbons (Fsp3) is 0.320. The smallest absolute Gasteiger partial charge is 0.161 e. The van der Waals surface area contributed by atoms with Crippen LogP contribution in [0.1, 0.15) is 43.0 Å². The Morgan fingerprint density at radius 3 is 2.70 bits per heavy atom. The highest BCUT2D eigenvalue weighted by Crippen LogP contribution is 2.39. The molecule has 156 valence electrons. The molecule has 1 aliphatic heterocycles. The maximum absolute atomic E-state index is 12.2. The van der Waals surface area contributed by atoms with E-state index in [0.717, 1.165) is 30.1 Å². The van der Waals surface area contributed by atoms with Crippen LogP contribution in [0, 0.1) is 0 Å². The molecule has 0 saturated carbocycles. The van der Waals surface area contributed by atoms with Crippen molar-refractivity contribution in [3.05, 3.63) is 71.4 Å². The lowest BCUT2D eigenvalue weighted by Crippen LogP contribution is -2.25. The van der Waals surface area contributed by atoms with Gasteiger partial charge in [0.2, 0.25) is 0 Å². The first-order valence-corrected chi connectivity index (χ1v) is 10.4. The predicted molar refractivity (Wildman–Crippen MR) is 118 cm³/mol. The van der Waals surface area contributed by atoms with Crippen molar-refractivity contribution >= 4 is 5.78 Å². The third-order valence-corrected chi connectivity index (χ3v) is 5.69. The molecule has 1 aromatic heterocycles. The van der Waals surface area contributed by atoms with Crippen molar-refractivity contribution in [3.63, 3.8) is 0 Å². The second-order valence-corrected chi connectivity index (χ2v) is 7.70. The molecule has 5 heteroatoms. The predicted octanol–water partition coefficient (Wildman–Crippen LogP) is 5.13. The summed E-state index contributed by atoms with van der Waals surface area (Å²) in [6.07, 6.45) is 2.41. The highest BCUT2D eigenvalue weighted by Gasteiger charge is 2.30. The van der Waals surface area contributed by atoms with Gasteiger partial charge < -0.3 is 14.5 Å². The Bertz CT molecular complexity index is 1030. The number of benzene rings is 2. The maximum Gasteiger partial charge on any atom is 0.161 e. The number of carbonyl (C=O) groups is 1. The van der Waals surface area contributed by atoms with E-state index in [-0.39, 0.29) is 11.8 Å². The largest absolute Gasteiger partial charge is 0.493 e. The zero-order valence-corrected chi connectivity index (χ0v) is 17.8. The normalized spacial score (nSPS) is 14.4. The van der Waals surface area contributed by atoms with Gasteiger partial charge in [0.1, 0.15) is 5.78 Å². The molecule has 0 aliphatic carbocycles. The van der Waals surface area contributed by atoms with Gasteiger partial charge in [-0.1, -0.05) is 24.3 Å². The molecule has 0 spiro atoms. The summed E-state index contributed by atoms with van der Waals surface area (Å²) in [5, 5.41) is 0. The second-order valence-electron chi connectivity index (χ2n) is 7.70. The number of nitrogens with one attached hydrogen (secondary N) is 1. The van der Waals surface area contributed by atoms with E-state index in [9.17, 15) is 4.79 Å². The van der Waals surface area contributed by atoms with E-state index < -0.39 is 0 Å². The van der Waals surface area contributed by atoms with E-state index in [1.165, 1.54) is 16.7 Å². The van der Waals surface area contributed by atoms with Crippen molar-refractivity contribution in [2.45, 2.75) is 39.4 Å². The molecule has 4 rings (SSSR count). The van der Waals surface area contributed by atoms with Crippen LogP contribution in [0.3, 0.4) is 0 Å². The van der Waals surface area contributed by atoms with E-state index in [1.807, 2.05) is 37.4 Å². The van der Waals surface area contributed by atoms with Crippen LogP contribution < -0.4 is 9.47 Å². The first-order valence-electron chi connectivity index (χ1n) is 10.4. The topological polar surface area (TPSA) is 54.6 Å². The van der Waals surface area contributed by atoms with Gasteiger partial charge in [-0.15, -0.1) is 0 Å². The molecule has 1 aliphatic rings. The Kier molecular flexibility index (Phi) is 5.91. The summed E-state index contributed by atoms with van der Waals surface area (Å²) < 4.78 is 11.2. The summed E-state index contributed by atoms with van der Waals surface area (Å²) in [4.78, 5) is 17.9. The fourth-order valence-electron chi connectivity index (χ4n) is 4.32. The Balaban J connectivity index is 1.68. The van der Waals surface area contributed by atoms with Gasteiger partial charge in [0.25, 0.3) is 0 Å². The molecule has 1 N–H and O–H groups in total. The number of hydrogen-bond acceptors (Lipinski definition) is 4. The van der Waals surface area contributed by atoms with E-state index in [4.69, 9.17) is 9.47 Å². The number of carbonyl (C=O) groups excluding carboxylic acids is 1. The van der Waals surface area contributed by atoms with Crippen molar-refractivity contribution in [1.29, 1.82) is 0 Å². The number of methoxy groups -OCH3 is 1. The maximum atomic E-state index is 12.2. The van der Waals surface area contributed by atoms with Gasteiger partial charge in [-0.05, 0) is 54.8 Å². The first-order chi connectivity index (χ1) is 14.6. The number of ether oxygens (including phenoxy) is 2. The van der Waals surface area contributed by atoms with E-state index in [1.54, 1.807) is 14.0 Å². The summed E-state index contributed by atoms with van der Waals surface area (Å²) in [5.41, 5.74) is 6.07. The van der Waals surface area contributed by atoms with Crippen molar-refractivity contribution < 1.29 is 14.3 Å². The standard InChI is InChI=1S/C25H28N2O3/c1-4-30-25-14-18(10-11-24(25)29-3)23(13-17(2)28)27-15-19-7-5-8-20(21(19)16-27)22-9-6-12-26-22/h5-12,14,23,26H,4,13,15-16H2,1-3H3/t23-/m1/s1. The summed E-state index contributed by atoms with van der Waals surface area (Å²) in [6, 6.07) is 16.6. The van der Waals surface area contributed by atoms with Crippen LogP contribution in [0.15, 0.2) is 54.7 Å². The molecule has 0 unspecified atom stereocenters. The van der Waals surface area contributed by atoms with E-state index in [0.29, 0.717) is 18.8 Å². The monoisotopic (exact) mass is 404 g/mol. The minimum absolute atomic E-state index is 0.0171. The van der Waals surface area contributed by atoms with Crippen LogP contribution in [0.25, 0.3) is 11.3 Å². The lowest BCUT2D eigenvalue weighted by molar-refractivity contribution is -0.118. The number of nitrogens with zero attached hydrogens (tertiary/aromatic N) is 1. The van der Waals surface area contributed by atoms with Crippen LogP contribution in [-0.4, -0.2) is 29.4 Å². The fourth-order valence-corrected chi connectivity index (χ4v) is 4.32. The van der Waals surface area contributed by atoms with Gasteiger partial charge in [0, 0.05) is 43.0 Å². The average molecular weight is 405 g/mol. The zero-order valence-electron chi connectivity index (χ0n) is 17.8. The zero-order chi connectivity index (χ0) is 21.1. The highest BCUT2D eigenvalue weighted by molar-refractivity contribution is 5.76. The Labute approximate surface area is 177 Å². The van der Waals surface area contributed by atoms with Gasteiger partial charge in [0.15, 0.2) is 11.5 Å². The van der Waals surface area contributed by atoms with Gasteiger partial charge >= 0.3 is 0 Å². The number of H-pyrrole nitrogens is 1. The molecule has 2 aromatic carbocycles. The van der Waals surface area contributed by atoms with Crippen molar-refractivity contribution in [3.8, 4) is 22.8 Å². The van der Waals surface area contributed by atoms with E-state index in [2.05, 4.69) is 34.1 Å². The summed E-state index contributed by atoms with van der Waals surface area (Å²) >= 11 is 0. The number of aromatic nitrogens is 1. The van der Waals surface area contributed by atoms with Gasteiger partial charge in [-0.2, -0.15) is 0 Å². The molecular formula is C25H28N2O3. The van der Waals surface area contributed by atoms with Crippen LogP contribution in [-0.2, 0) is 17.9 Å². The molecule has 0 radical (unpaired) electrons. The SMILES string of the molecule is CCOc1cc([C@@H](CC(C)=O)N2Cc3cccc(-c4ccc[nH]4)c3C2)ccc1OC. The number of fused-ring (bicyclic) bond motifs is 1. The second kappa shape index (κ2) is 8.76. The molecule has 0 bridgehead atoms. The summed E-state index contributed by atoms with van der Waals surface area (Å²) in [7, 11) is 1.64. The van der Waals surface area contributed by atoms with E-state index >= 15 is 0 Å². The Morgan fingerprint density at radius 2 is 2.00 bits per heavy atom. The lowest BCUT2D eigenvalue weighted by atomic mass is 9.99. The third kappa shape index (κ3) is 3.98. The molecule has 3 aromatic rings. The van der Waals surface area contributed by atoms with Crippen LogP contribution >= 0.6 is 0 Å². The van der Waals surface area contributed by atoms with Crippen LogP contribution in [0.5, 0.6) is 11.5 Å². The van der Waals surface area contributed by atoms with Crippen LogP contribution in [0.2, 0.25) is 0 Å². The van der Waals surface area contributed by atoms with Crippen molar-refractivity contribution in [2.24, 2.45) is 0 Å². The Morgan fingerprint density at radius 1 is 1.13 bits per heavy atom. The van der Waals surface area contributed by atoms with Crippen molar-refractivity contribution in [2.75, 3.05) is 13.7 Å². The number of ketones is 1. The first kappa shape index (κ1) is 20.2. The number of Topliss-reactive ketones (excluding diaryl/α,β-unsaturated/α-hetero) is 1. The molecular weight excluding hydrogens is 376 g/mol. The van der Waals surface area contributed by atoms with Crippen molar-refractivity contribution in [1.82, 2.24) is 9.88 Å². The summed E-state index contributed by atoms with van der Waals surface area (Å²) in [6.45, 7) is 5.80. The molecule has 0 amide bonds. The minimum atomic E-state index is -0.0171. The lowest BCUT2D eigenvalue weighted by Gasteiger charge is -2.28. The Hall–Kier alpha value is -3.05. The van der Waals surface area contributed by atoms with Gasteiger partial charge in [-0.25, -0.2) is 0 Å². The number of aromatic amines is 1. The quantitative estimate of drug-likeness (QED) is 0.566. The molecule has 0 saturated heterocycles. The third-order valence-electron chi connectivity index (χ3n) is 5.69. The number of hydrogen-bond donors (Lipinski definition) is 1. The molecule has 1 atom stereocenters. The molecule has 0 fully saturated rings. The average Bonchev–Trinajstić information content (AvgIpc) is 3.41. The van der Waals surface area contributed by atoms with Gasteiger partial charge in [0.05, 0.1) is 13.7 Å². The highest BCUT2D eigenvalue weighted by atomic mass is 16.5. The van der Waals surface area contributed by atoms with Gasteiger partial charge in [-0.3, -0.25) is 9.69 Å². The molecule has 30 heavy (non-hydrogen) atoms. The number of rotatable bonds is 8. The minimum Gasteiger partial charge on any atom is -0.493 e. The molecule has 5 nitrogen and oxygen atoms in total. The summed E-state index contributed by atoms with van der Waals surface area (Å²) in [5.74, 6) is 1.60. The van der Waals surface area contributed by atoms with Crippen LogP contribution in [0.4, 0.5) is 0 Å².